The molecule has 5 aromatic rings. The molecule has 1 saturated carbocycles. The number of anilines is 2. The predicted octanol–water partition coefficient (Wildman–Crippen LogP) is 4.14. The summed E-state index contributed by atoms with van der Waals surface area (Å²) >= 11 is 0. The van der Waals surface area contributed by atoms with E-state index in [1.165, 1.54) is 10.7 Å². The molecule has 2 aromatic carbocycles. The highest BCUT2D eigenvalue weighted by Gasteiger charge is 2.43. The Balaban J connectivity index is 1.28. The Hall–Kier alpha value is -4.35. The molecule has 2 N–H and O–H groups in total. The van der Waals surface area contributed by atoms with Gasteiger partial charge in [0.05, 0.1) is 16.9 Å². The summed E-state index contributed by atoms with van der Waals surface area (Å²) in [5.74, 6) is 2.11. The van der Waals surface area contributed by atoms with Crippen molar-refractivity contribution < 1.29 is 8.42 Å². The zero-order chi connectivity index (χ0) is 25.9. The first kappa shape index (κ1) is 22.8. The zero-order valence-corrected chi connectivity index (χ0v) is 21.4. The van der Waals surface area contributed by atoms with Crippen molar-refractivity contribution in [2.24, 2.45) is 7.05 Å². The van der Waals surface area contributed by atoms with E-state index in [0.29, 0.717) is 11.6 Å². The number of nitrogens with one attached hydrogen (secondary N) is 2. The first-order valence-corrected chi connectivity index (χ1v) is 13.8. The Morgan fingerprint density at radius 3 is 2.47 bits per heavy atom. The van der Waals surface area contributed by atoms with Crippen LogP contribution in [-0.2, 0) is 22.6 Å². The van der Waals surface area contributed by atoms with Crippen LogP contribution >= 0.6 is 0 Å². The van der Waals surface area contributed by atoms with Crippen molar-refractivity contribution in [1.82, 2.24) is 34.3 Å². The average molecular weight is 525 g/mol. The second kappa shape index (κ2) is 8.33. The van der Waals surface area contributed by atoms with Crippen molar-refractivity contribution in [1.29, 1.82) is 0 Å². The van der Waals surface area contributed by atoms with Crippen molar-refractivity contribution in [3.63, 3.8) is 0 Å². The predicted molar refractivity (Wildman–Crippen MR) is 142 cm³/mol. The monoisotopic (exact) mass is 524 g/mol. The van der Waals surface area contributed by atoms with Gasteiger partial charge in [0.2, 0.25) is 0 Å². The van der Waals surface area contributed by atoms with E-state index in [1.54, 1.807) is 19.4 Å². The second-order valence-electron chi connectivity index (χ2n) is 9.67. The maximum Gasteiger partial charge on any atom is 0.260 e. The highest BCUT2D eigenvalue weighted by molar-refractivity contribution is 7.89. The van der Waals surface area contributed by atoms with Gasteiger partial charge < -0.3 is 5.32 Å². The molecule has 0 atom stereocenters. The van der Waals surface area contributed by atoms with Crippen molar-refractivity contribution >= 4 is 21.5 Å². The molecular weight excluding hydrogens is 500 g/mol. The largest absolute Gasteiger partial charge is 0.338 e. The minimum atomic E-state index is -3.76. The third-order valence-electron chi connectivity index (χ3n) is 7.31. The molecule has 190 valence electrons. The van der Waals surface area contributed by atoms with Gasteiger partial charge in [-0.3, -0.25) is 9.25 Å². The molecule has 0 unspecified atom stereocenters. The highest BCUT2D eigenvalue weighted by atomic mass is 32.2. The van der Waals surface area contributed by atoms with Gasteiger partial charge in [-0.15, -0.1) is 10.2 Å². The second-order valence-corrected chi connectivity index (χ2v) is 11.3. The topological polar surface area (TPSA) is 120 Å². The number of rotatable bonds is 5. The molecule has 11 heteroatoms. The maximum absolute atomic E-state index is 13.1. The molecule has 3 aromatic heterocycles. The van der Waals surface area contributed by atoms with Crippen LogP contribution in [0.1, 0.15) is 24.8 Å². The molecule has 4 heterocycles. The summed E-state index contributed by atoms with van der Waals surface area (Å²) in [6, 6.07) is 21.2. The number of sulfonamides is 1. The molecule has 38 heavy (non-hydrogen) atoms. The molecule has 1 fully saturated rings. The minimum absolute atomic E-state index is 0.0233. The number of pyridine rings is 1. The van der Waals surface area contributed by atoms with Crippen LogP contribution in [0.5, 0.6) is 0 Å². The van der Waals surface area contributed by atoms with Crippen molar-refractivity contribution in [3.8, 4) is 28.5 Å². The molecule has 0 bridgehead atoms. The van der Waals surface area contributed by atoms with Gasteiger partial charge >= 0.3 is 0 Å². The van der Waals surface area contributed by atoms with Crippen molar-refractivity contribution in [3.05, 3.63) is 84.7 Å². The summed E-state index contributed by atoms with van der Waals surface area (Å²) in [7, 11) is -2.06. The summed E-state index contributed by atoms with van der Waals surface area (Å²) in [4.78, 5) is 4.56. The van der Waals surface area contributed by atoms with Gasteiger partial charge in [-0.2, -0.15) is 9.82 Å². The number of benzene rings is 2. The summed E-state index contributed by atoms with van der Waals surface area (Å²) in [5, 5.41) is 16.7. The summed E-state index contributed by atoms with van der Waals surface area (Å²) in [6.45, 7) is 0. The number of aromatic nitrogens is 6. The van der Waals surface area contributed by atoms with Crippen LogP contribution in [0.15, 0.2) is 84.1 Å². The quantitative estimate of drug-likeness (QED) is 0.348. The molecule has 0 saturated heterocycles. The van der Waals surface area contributed by atoms with E-state index in [1.807, 2.05) is 65.2 Å². The van der Waals surface area contributed by atoms with E-state index in [2.05, 4.69) is 30.3 Å². The molecule has 2 aliphatic rings. The Labute approximate surface area is 219 Å². The molecule has 1 aliphatic heterocycles. The Kier molecular flexibility index (Phi) is 5.00. The Morgan fingerprint density at radius 1 is 0.947 bits per heavy atom. The van der Waals surface area contributed by atoms with Crippen LogP contribution in [0.3, 0.4) is 0 Å². The third-order valence-corrected chi connectivity index (χ3v) is 8.74. The molecule has 0 amide bonds. The molecule has 0 spiro atoms. The van der Waals surface area contributed by atoms with E-state index < -0.39 is 15.6 Å². The number of nitrogens with zero attached hydrogens (tertiary/aromatic N) is 6. The lowest BCUT2D eigenvalue weighted by Crippen LogP contribution is -2.50. The number of para-hydroxylation sites is 1. The fourth-order valence-corrected chi connectivity index (χ4v) is 6.64. The van der Waals surface area contributed by atoms with Crippen molar-refractivity contribution in [2.45, 2.75) is 29.8 Å². The summed E-state index contributed by atoms with van der Waals surface area (Å²) in [5.41, 5.74) is 3.81. The van der Waals surface area contributed by atoms with Gasteiger partial charge in [-0.25, -0.2) is 13.4 Å². The third kappa shape index (κ3) is 3.54. The normalized spacial score (nSPS) is 15.4. The number of hydrogen-bond acceptors (Lipinski definition) is 7. The standard InChI is InChI=1S/C27H24N8O2S/c1-34-17-13-23(32-34)38(36,37)33-27(14-5-15-27)19-11-9-18(10-12-19)25-30-31-26-20-6-2-3-7-21(20)29-24-22(35(25)26)8-4-16-28-24/h2-4,6-13,16-17,33H,5,14-15H2,1H3,(H,28,29). The van der Waals surface area contributed by atoms with Crippen LogP contribution in [0.2, 0.25) is 0 Å². The SMILES string of the molecule is Cn1ccc(S(=O)(=O)NC2(c3ccc(-c4nnc5n4-c4cccnc4Nc4ccccc4-5)cc3)CCC2)n1. The highest BCUT2D eigenvalue weighted by Crippen LogP contribution is 2.43. The molecule has 10 nitrogen and oxygen atoms in total. The van der Waals surface area contributed by atoms with Crippen LogP contribution in [0, 0.1) is 0 Å². The lowest BCUT2D eigenvalue weighted by molar-refractivity contribution is 0.224. The van der Waals surface area contributed by atoms with Gasteiger partial charge in [0, 0.05) is 30.6 Å². The molecule has 1 aliphatic carbocycles. The van der Waals surface area contributed by atoms with Gasteiger partial charge in [0.25, 0.3) is 10.0 Å². The van der Waals surface area contributed by atoms with E-state index in [4.69, 9.17) is 0 Å². The van der Waals surface area contributed by atoms with E-state index in [0.717, 1.165) is 53.2 Å². The number of hydrogen-bond donors (Lipinski definition) is 2. The molecule has 0 radical (unpaired) electrons. The molecule has 7 rings (SSSR count). The average Bonchev–Trinajstić information content (AvgIpc) is 3.51. The first-order chi connectivity index (χ1) is 18.4. The van der Waals surface area contributed by atoms with Gasteiger partial charge in [0.15, 0.2) is 22.5 Å². The fraction of sp³-hybridized carbons (Fsp3) is 0.185. The first-order valence-electron chi connectivity index (χ1n) is 12.4. The van der Waals surface area contributed by atoms with Crippen LogP contribution in [-0.4, -0.2) is 37.9 Å². The fourth-order valence-electron chi connectivity index (χ4n) is 5.23. The number of aryl methyl sites for hydroxylation is 1. The zero-order valence-electron chi connectivity index (χ0n) is 20.5. The van der Waals surface area contributed by atoms with E-state index in [9.17, 15) is 8.42 Å². The minimum Gasteiger partial charge on any atom is -0.338 e. The summed E-state index contributed by atoms with van der Waals surface area (Å²) in [6.07, 6.45) is 5.77. The van der Waals surface area contributed by atoms with Gasteiger partial charge in [0.1, 0.15) is 0 Å². The van der Waals surface area contributed by atoms with Crippen LogP contribution in [0.4, 0.5) is 11.5 Å². The Bertz CT molecular complexity index is 1790. The van der Waals surface area contributed by atoms with Crippen molar-refractivity contribution in [2.75, 3.05) is 5.32 Å². The Morgan fingerprint density at radius 2 is 1.74 bits per heavy atom. The molecular formula is C27H24N8O2S. The van der Waals surface area contributed by atoms with Gasteiger partial charge in [-0.1, -0.05) is 36.4 Å². The smallest absolute Gasteiger partial charge is 0.260 e. The summed E-state index contributed by atoms with van der Waals surface area (Å²) < 4.78 is 32.6. The number of fused-ring (bicyclic) bond motifs is 5. The maximum atomic E-state index is 13.1. The lowest BCUT2D eigenvalue weighted by atomic mass is 9.72. The van der Waals surface area contributed by atoms with Gasteiger partial charge in [-0.05, 0) is 55.2 Å². The lowest BCUT2D eigenvalue weighted by Gasteiger charge is -2.42. The van der Waals surface area contributed by atoms with E-state index in [-0.39, 0.29) is 5.03 Å². The van der Waals surface area contributed by atoms with Crippen LogP contribution in [0.25, 0.3) is 28.5 Å². The van der Waals surface area contributed by atoms with E-state index >= 15 is 0 Å². The van der Waals surface area contributed by atoms with Crippen LogP contribution < -0.4 is 10.0 Å².